The fraction of sp³-hybridized carbons (Fsp3) is 0.333. The van der Waals surface area contributed by atoms with Gasteiger partial charge in [-0.3, -0.25) is 19.5 Å². The molecule has 4 rings (SSSR count). The lowest BCUT2D eigenvalue weighted by atomic mass is 9.96. The molecule has 0 atom stereocenters. The van der Waals surface area contributed by atoms with Gasteiger partial charge in [0.25, 0.3) is 5.56 Å². The van der Waals surface area contributed by atoms with Crippen LogP contribution >= 0.6 is 11.6 Å². The Morgan fingerprint density at radius 3 is 2.78 bits per heavy atom. The van der Waals surface area contributed by atoms with E-state index >= 15 is 0 Å². The summed E-state index contributed by atoms with van der Waals surface area (Å²) in [6.45, 7) is 5.21. The molecule has 166 valence electrons. The second-order valence-corrected chi connectivity index (χ2v) is 8.31. The van der Waals surface area contributed by atoms with Crippen LogP contribution in [0.1, 0.15) is 40.5 Å². The number of Topliss-reactive ketones (excluding diaryl/α,β-unsaturated/α-hetero) is 1. The van der Waals surface area contributed by atoms with Crippen molar-refractivity contribution in [3.8, 4) is 5.75 Å². The van der Waals surface area contributed by atoms with E-state index in [0.717, 1.165) is 37.2 Å². The highest BCUT2D eigenvalue weighted by Crippen LogP contribution is 2.21. The summed E-state index contributed by atoms with van der Waals surface area (Å²) >= 11 is 5.82. The van der Waals surface area contributed by atoms with Crippen molar-refractivity contribution in [2.24, 2.45) is 0 Å². The first kappa shape index (κ1) is 22.2. The first-order chi connectivity index (χ1) is 15.5. The first-order valence-electron chi connectivity index (χ1n) is 10.7. The number of carbonyl (C=O) groups is 1. The van der Waals surface area contributed by atoms with E-state index in [-0.39, 0.29) is 18.9 Å². The number of hydrogen-bond acceptors (Lipinski definition) is 6. The Hall–Kier alpha value is -3.03. The summed E-state index contributed by atoms with van der Waals surface area (Å²) in [6, 6.07) is 10.6. The van der Waals surface area contributed by atoms with Crippen molar-refractivity contribution in [3.63, 3.8) is 0 Å². The fourth-order valence-electron chi connectivity index (χ4n) is 3.79. The molecule has 1 aromatic carbocycles. The first-order valence-corrected chi connectivity index (χ1v) is 11.1. The molecule has 0 radical (unpaired) electrons. The van der Waals surface area contributed by atoms with Gasteiger partial charge in [-0.2, -0.15) is 5.10 Å². The predicted molar refractivity (Wildman–Crippen MR) is 122 cm³/mol. The minimum absolute atomic E-state index is 0.116. The standard InChI is InChI=1S/C24H25ClN4O3/c1-2-8-28-9-7-17-3-4-18(10-19(17)14-28)23(30)15-29-24(31)11-22(13-27-29)32-16-21-6-5-20(25)12-26-21/h3-6,10-13H,2,7-9,14-16H2,1H3. The second kappa shape index (κ2) is 10.1. The molecule has 0 N–H and O–H groups in total. The van der Waals surface area contributed by atoms with Crippen LogP contribution in [-0.2, 0) is 26.1 Å². The summed E-state index contributed by atoms with van der Waals surface area (Å²) in [4.78, 5) is 31.8. The van der Waals surface area contributed by atoms with Crippen LogP contribution in [0.15, 0.2) is 53.6 Å². The quantitative estimate of drug-likeness (QED) is 0.487. The third kappa shape index (κ3) is 5.41. The smallest absolute Gasteiger partial charge is 0.270 e. The number of benzene rings is 1. The number of rotatable bonds is 8. The molecule has 0 saturated carbocycles. The molecule has 0 amide bonds. The van der Waals surface area contributed by atoms with Crippen LogP contribution in [0.25, 0.3) is 0 Å². The maximum absolute atomic E-state index is 12.8. The summed E-state index contributed by atoms with van der Waals surface area (Å²) in [5.74, 6) is 0.175. The third-order valence-corrected chi connectivity index (χ3v) is 5.70. The van der Waals surface area contributed by atoms with Crippen LogP contribution in [0.5, 0.6) is 5.75 Å². The SMILES string of the molecule is CCCN1CCc2ccc(C(=O)Cn3ncc(OCc4ccc(Cl)cn4)cc3=O)cc2C1. The minimum atomic E-state index is -0.396. The van der Waals surface area contributed by atoms with E-state index in [9.17, 15) is 9.59 Å². The van der Waals surface area contributed by atoms with E-state index in [1.54, 1.807) is 12.1 Å². The van der Waals surface area contributed by atoms with Crippen molar-refractivity contribution in [1.82, 2.24) is 19.7 Å². The highest BCUT2D eigenvalue weighted by atomic mass is 35.5. The van der Waals surface area contributed by atoms with Gasteiger partial charge in [-0.05, 0) is 48.7 Å². The molecule has 0 saturated heterocycles. The number of nitrogens with zero attached hydrogens (tertiary/aromatic N) is 4. The van der Waals surface area contributed by atoms with Gasteiger partial charge >= 0.3 is 0 Å². The summed E-state index contributed by atoms with van der Waals surface area (Å²) < 4.78 is 6.73. The zero-order valence-electron chi connectivity index (χ0n) is 18.0. The zero-order chi connectivity index (χ0) is 22.5. The Morgan fingerprint density at radius 2 is 2.03 bits per heavy atom. The molecule has 3 heterocycles. The lowest BCUT2D eigenvalue weighted by Crippen LogP contribution is -2.31. The van der Waals surface area contributed by atoms with Gasteiger partial charge in [-0.15, -0.1) is 0 Å². The van der Waals surface area contributed by atoms with Crippen molar-refractivity contribution in [1.29, 1.82) is 0 Å². The van der Waals surface area contributed by atoms with E-state index in [4.69, 9.17) is 16.3 Å². The second-order valence-electron chi connectivity index (χ2n) is 7.88. The summed E-state index contributed by atoms with van der Waals surface area (Å²) in [6.07, 6.45) is 5.07. The van der Waals surface area contributed by atoms with Gasteiger partial charge in [0.2, 0.25) is 0 Å². The number of ether oxygens (including phenoxy) is 1. The van der Waals surface area contributed by atoms with Crippen molar-refractivity contribution in [2.45, 2.75) is 39.5 Å². The average Bonchev–Trinajstić information content (AvgIpc) is 2.80. The molecule has 8 heteroatoms. The van der Waals surface area contributed by atoms with E-state index in [2.05, 4.69) is 21.9 Å². The number of ketones is 1. The Bertz CT molecular complexity index is 1160. The largest absolute Gasteiger partial charge is 0.485 e. The number of fused-ring (bicyclic) bond motifs is 1. The van der Waals surface area contributed by atoms with Crippen molar-refractivity contribution < 1.29 is 9.53 Å². The third-order valence-electron chi connectivity index (χ3n) is 5.47. The Balaban J connectivity index is 1.40. The predicted octanol–water partition coefficient (Wildman–Crippen LogP) is 3.52. The van der Waals surface area contributed by atoms with Gasteiger partial charge < -0.3 is 4.74 Å². The summed E-state index contributed by atoms with van der Waals surface area (Å²) in [7, 11) is 0. The molecular formula is C24H25ClN4O3. The van der Waals surface area contributed by atoms with Crippen LogP contribution in [0.3, 0.4) is 0 Å². The maximum Gasteiger partial charge on any atom is 0.270 e. The molecule has 3 aromatic rings. The molecule has 0 fully saturated rings. The molecule has 0 aliphatic carbocycles. The van der Waals surface area contributed by atoms with Gasteiger partial charge in [-0.1, -0.05) is 30.7 Å². The molecule has 0 unspecified atom stereocenters. The summed E-state index contributed by atoms with van der Waals surface area (Å²) in [5.41, 5.74) is 3.37. The minimum Gasteiger partial charge on any atom is -0.485 e. The van der Waals surface area contributed by atoms with Gasteiger partial charge in [0, 0.05) is 30.9 Å². The molecular weight excluding hydrogens is 428 g/mol. The Labute approximate surface area is 191 Å². The number of pyridine rings is 1. The molecule has 2 aromatic heterocycles. The Kier molecular flexibility index (Phi) is 6.97. The summed E-state index contributed by atoms with van der Waals surface area (Å²) in [5, 5.41) is 4.64. The normalized spacial score (nSPS) is 13.6. The molecule has 1 aliphatic heterocycles. The topological polar surface area (TPSA) is 77.3 Å². The zero-order valence-corrected chi connectivity index (χ0v) is 18.7. The van der Waals surface area contributed by atoms with Gasteiger partial charge in [-0.25, -0.2) is 4.68 Å². The maximum atomic E-state index is 12.8. The van der Waals surface area contributed by atoms with Crippen LogP contribution in [0, 0.1) is 0 Å². The van der Waals surface area contributed by atoms with Crippen molar-refractivity contribution in [2.75, 3.05) is 13.1 Å². The lowest BCUT2D eigenvalue weighted by Gasteiger charge is -2.28. The number of carbonyl (C=O) groups excluding carboxylic acids is 1. The Morgan fingerprint density at radius 1 is 1.16 bits per heavy atom. The fourth-order valence-corrected chi connectivity index (χ4v) is 3.90. The number of aromatic nitrogens is 3. The molecule has 1 aliphatic rings. The molecule has 7 nitrogen and oxygen atoms in total. The van der Waals surface area contributed by atoms with Gasteiger partial charge in [0.15, 0.2) is 5.78 Å². The van der Waals surface area contributed by atoms with Crippen molar-refractivity contribution in [3.05, 3.63) is 86.6 Å². The van der Waals surface area contributed by atoms with Crippen LogP contribution in [0.4, 0.5) is 0 Å². The van der Waals surface area contributed by atoms with Crippen LogP contribution in [0.2, 0.25) is 5.02 Å². The number of halogens is 1. The van der Waals surface area contributed by atoms with E-state index in [1.807, 2.05) is 18.2 Å². The van der Waals surface area contributed by atoms with E-state index in [1.165, 1.54) is 29.6 Å². The van der Waals surface area contributed by atoms with Crippen LogP contribution in [-0.4, -0.2) is 38.5 Å². The molecule has 32 heavy (non-hydrogen) atoms. The highest BCUT2D eigenvalue weighted by Gasteiger charge is 2.18. The van der Waals surface area contributed by atoms with Crippen molar-refractivity contribution >= 4 is 17.4 Å². The van der Waals surface area contributed by atoms with E-state index in [0.29, 0.717) is 22.0 Å². The molecule has 0 spiro atoms. The van der Waals surface area contributed by atoms with Crippen LogP contribution < -0.4 is 10.3 Å². The van der Waals surface area contributed by atoms with Gasteiger partial charge in [0.1, 0.15) is 18.9 Å². The van der Waals surface area contributed by atoms with E-state index < -0.39 is 5.56 Å². The number of hydrogen-bond donors (Lipinski definition) is 0. The average molecular weight is 453 g/mol. The monoisotopic (exact) mass is 452 g/mol. The highest BCUT2D eigenvalue weighted by molar-refractivity contribution is 6.30. The lowest BCUT2D eigenvalue weighted by molar-refractivity contribution is 0.0965. The molecule has 0 bridgehead atoms. The van der Waals surface area contributed by atoms with Gasteiger partial charge in [0.05, 0.1) is 16.9 Å².